The SMILES string of the molecule is COc1ccc(-n2cc(-c3nc(-c4ccc(C)cc4)no3)c3ccccc3c2=O)cc1OC. The van der Waals surface area contributed by atoms with E-state index in [9.17, 15) is 4.79 Å². The Morgan fingerprint density at radius 2 is 1.61 bits per heavy atom. The maximum atomic E-state index is 13.3. The van der Waals surface area contributed by atoms with Gasteiger partial charge in [0, 0.05) is 28.6 Å². The quantitative estimate of drug-likeness (QED) is 0.382. The molecule has 0 aliphatic heterocycles. The van der Waals surface area contributed by atoms with Crippen LogP contribution in [-0.4, -0.2) is 28.9 Å². The van der Waals surface area contributed by atoms with Crippen LogP contribution in [-0.2, 0) is 0 Å². The molecular formula is C26H21N3O4. The molecule has 0 unspecified atom stereocenters. The van der Waals surface area contributed by atoms with Crippen molar-refractivity contribution < 1.29 is 14.0 Å². The Balaban J connectivity index is 1.70. The van der Waals surface area contributed by atoms with Gasteiger partial charge in [-0.3, -0.25) is 9.36 Å². The molecule has 0 saturated carbocycles. The Morgan fingerprint density at radius 1 is 0.879 bits per heavy atom. The van der Waals surface area contributed by atoms with E-state index in [2.05, 4.69) is 10.1 Å². The molecule has 0 fully saturated rings. The van der Waals surface area contributed by atoms with Gasteiger partial charge in [0.2, 0.25) is 5.82 Å². The minimum absolute atomic E-state index is 0.167. The fraction of sp³-hybridized carbons (Fsp3) is 0.115. The van der Waals surface area contributed by atoms with Gasteiger partial charge in [-0.2, -0.15) is 4.98 Å². The average molecular weight is 439 g/mol. The highest BCUT2D eigenvalue weighted by Gasteiger charge is 2.18. The molecule has 5 aromatic rings. The molecule has 7 heteroatoms. The maximum Gasteiger partial charge on any atom is 0.262 e. The Labute approximate surface area is 189 Å². The number of methoxy groups -OCH3 is 2. The maximum absolute atomic E-state index is 13.3. The monoisotopic (exact) mass is 439 g/mol. The number of aromatic nitrogens is 3. The molecule has 0 spiro atoms. The molecular weight excluding hydrogens is 418 g/mol. The molecule has 0 bridgehead atoms. The van der Waals surface area contributed by atoms with Crippen molar-refractivity contribution >= 4 is 10.8 Å². The molecule has 2 heterocycles. The summed E-state index contributed by atoms with van der Waals surface area (Å²) in [7, 11) is 3.13. The van der Waals surface area contributed by atoms with Crippen LogP contribution in [0.2, 0.25) is 0 Å². The smallest absolute Gasteiger partial charge is 0.262 e. The second-order valence-electron chi connectivity index (χ2n) is 7.59. The van der Waals surface area contributed by atoms with Gasteiger partial charge in [-0.05, 0) is 25.1 Å². The van der Waals surface area contributed by atoms with Gasteiger partial charge in [0.1, 0.15) is 0 Å². The van der Waals surface area contributed by atoms with Gasteiger partial charge >= 0.3 is 0 Å². The van der Waals surface area contributed by atoms with E-state index >= 15 is 0 Å². The lowest BCUT2D eigenvalue weighted by molar-refractivity contribution is 0.355. The topological polar surface area (TPSA) is 79.4 Å². The van der Waals surface area contributed by atoms with E-state index in [1.54, 1.807) is 49.2 Å². The first-order valence-corrected chi connectivity index (χ1v) is 10.4. The fourth-order valence-electron chi connectivity index (χ4n) is 3.78. The van der Waals surface area contributed by atoms with E-state index in [-0.39, 0.29) is 5.56 Å². The van der Waals surface area contributed by atoms with Gasteiger partial charge in [-0.1, -0.05) is 53.2 Å². The van der Waals surface area contributed by atoms with Crippen molar-refractivity contribution in [2.75, 3.05) is 14.2 Å². The van der Waals surface area contributed by atoms with Gasteiger partial charge in [-0.15, -0.1) is 0 Å². The van der Waals surface area contributed by atoms with Crippen LogP contribution in [0.1, 0.15) is 5.56 Å². The van der Waals surface area contributed by atoms with E-state index < -0.39 is 0 Å². The number of aryl methyl sites for hydroxylation is 1. The summed E-state index contributed by atoms with van der Waals surface area (Å²) in [5.41, 5.74) is 3.12. The molecule has 5 rings (SSSR count). The minimum Gasteiger partial charge on any atom is -0.493 e. The Bertz CT molecular complexity index is 1520. The zero-order valence-electron chi connectivity index (χ0n) is 18.4. The van der Waals surface area contributed by atoms with Crippen LogP contribution in [0, 0.1) is 6.92 Å². The van der Waals surface area contributed by atoms with Crippen molar-refractivity contribution in [3.05, 3.63) is 88.8 Å². The predicted octanol–water partition coefficient (Wildman–Crippen LogP) is 5.03. The number of rotatable bonds is 5. The molecule has 0 saturated heterocycles. The number of hydrogen-bond donors (Lipinski definition) is 0. The van der Waals surface area contributed by atoms with Gasteiger partial charge in [-0.25, -0.2) is 0 Å². The number of ether oxygens (including phenoxy) is 2. The summed E-state index contributed by atoms with van der Waals surface area (Å²) >= 11 is 0. The van der Waals surface area contributed by atoms with Crippen molar-refractivity contribution in [3.8, 4) is 40.0 Å². The van der Waals surface area contributed by atoms with Gasteiger partial charge < -0.3 is 14.0 Å². The minimum atomic E-state index is -0.167. The van der Waals surface area contributed by atoms with Crippen molar-refractivity contribution in [1.29, 1.82) is 0 Å². The molecule has 0 atom stereocenters. The molecule has 3 aromatic carbocycles. The van der Waals surface area contributed by atoms with Crippen LogP contribution in [0.5, 0.6) is 11.5 Å². The Hall–Kier alpha value is -4.39. The number of pyridine rings is 1. The Morgan fingerprint density at radius 3 is 2.33 bits per heavy atom. The molecule has 0 N–H and O–H groups in total. The van der Waals surface area contributed by atoms with Gasteiger partial charge in [0.25, 0.3) is 11.4 Å². The van der Waals surface area contributed by atoms with E-state index in [0.29, 0.717) is 39.9 Å². The summed E-state index contributed by atoms with van der Waals surface area (Å²) < 4.78 is 17.9. The third kappa shape index (κ3) is 3.63. The van der Waals surface area contributed by atoms with Gasteiger partial charge in [0.05, 0.1) is 25.5 Å². The first-order chi connectivity index (χ1) is 16.1. The van der Waals surface area contributed by atoms with Crippen LogP contribution >= 0.6 is 0 Å². The van der Waals surface area contributed by atoms with Crippen molar-refractivity contribution in [2.45, 2.75) is 6.92 Å². The fourth-order valence-corrected chi connectivity index (χ4v) is 3.78. The van der Waals surface area contributed by atoms with E-state index in [1.807, 2.05) is 49.4 Å². The van der Waals surface area contributed by atoms with Crippen LogP contribution in [0.25, 0.3) is 39.3 Å². The molecule has 2 aromatic heterocycles. The molecule has 164 valence electrons. The summed E-state index contributed by atoms with van der Waals surface area (Å²) in [4.78, 5) is 18.0. The highest BCUT2D eigenvalue weighted by molar-refractivity contribution is 5.94. The van der Waals surface area contributed by atoms with Crippen molar-refractivity contribution in [3.63, 3.8) is 0 Å². The summed E-state index contributed by atoms with van der Waals surface area (Å²) in [6.07, 6.45) is 1.72. The first-order valence-electron chi connectivity index (χ1n) is 10.4. The highest BCUT2D eigenvalue weighted by Crippen LogP contribution is 2.31. The second kappa shape index (κ2) is 8.27. The largest absolute Gasteiger partial charge is 0.493 e. The third-order valence-electron chi connectivity index (χ3n) is 5.54. The lowest BCUT2D eigenvalue weighted by Crippen LogP contribution is -2.18. The number of nitrogens with zero attached hydrogens (tertiary/aromatic N) is 3. The zero-order chi connectivity index (χ0) is 22.9. The van der Waals surface area contributed by atoms with E-state index in [4.69, 9.17) is 14.0 Å². The third-order valence-corrected chi connectivity index (χ3v) is 5.54. The predicted molar refractivity (Wildman–Crippen MR) is 126 cm³/mol. The molecule has 0 aliphatic carbocycles. The van der Waals surface area contributed by atoms with Crippen LogP contribution in [0.3, 0.4) is 0 Å². The van der Waals surface area contributed by atoms with Crippen LogP contribution in [0.15, 0.2) is 82.2 Å². The summed E-state index contributed by atoms with van der Waals surface area (Å²) in [6.45, 7) is 2.02. The molecule has 0 radical (unpaired) electrons. The molecule has 7 nitrogen and oxygen atoms in total. The summed E-state index contributed by atoms with van der Waals surface area (Å²) in [6, 6.07) is 20.6. The van der Waals surface area contributed by atoms with Gasteiger partial charge in [0.15, 0.2) is 11.5 Å². The first kappa shape index (κ1) is 20.5. The lowest BCUT2D eigenvalue weighted by Gasteiger charge is -2.13. The van der Waals surface area contributed by atoms with Crippen molar-refractivity contribution in [1.82, 2.24) is 14.7 Å². The second-order valence-corrected chi connectivity index (χ2v) is 7.59. The summed E-state index contributed by atoms with van der Waals surface area (Å²) in [5, 5.41) is 5.44. The number of hydrogen-bond acceptors (Lipinski definition) is 6. The number of fused-ring (bicyclic) bond motifs is 1. The standard InChI is InChI=1S/C26H21N3O4/c1-16-8-10-17(11-9-16)24-27-25(33-28-24)21-15-29(26(30)20-7-5-4-6-19(20)21)18-12-13-22(31-2)23(14-18)32-3/h4-15H,1-3H3. The van der Waals surface area contributed by atoms with Crippen LogP contribution in [0.4, 0.5) is 0 Å². The molecule has 0 amide bonds. The molecule has 33 heavy (non-hydrogen) atoms. The molecule has 0 aliphatic rings. The van der Waals surface area contributed by atoms with E-state index in [1.165, 1.54) is 0 Å². The Kier molecular flexibility index (Phi) is 5.14. The van der Waals surface area contributed by atoms with Crippen molar-refractivity contribution in [2.24, 2.45) is 0 Å². The van der Waals surface area contributed by atoms with Crippen LogP contribution < -0.4 is 15.0 Å². The van der Waals surface area contributed by atoms with E-state index in [0.717, 1.165) is 16.5 Å². The average Bonchev–Trinajstić information content (AvgIpc) is 3.34. The normalized spacial score (nSPS) is 11.0. The lowest BCUT2D eigenvalue weighted by atomic mass is 10.1. The zero-order valence-corrected chi connectivity index (χ0v) is 18.4. The number of benzene rings is 3. The summed E-state index contributed by atoms with van der Waals surface area (Å²) in [5.74, 6) is 1.92. The highest BCUT2D eigenvalue weighted by atomic mass is 16.5.